The van der Waals surface area contributed by atoms with Crippen molar-refractivity contribution in [1.29, 1.82) is 5.26 Å². The van der Waals surface area contributed by atoms with Gasteiger partial charge in [0.05, 0.1) is 16.6 Å². The number of furan rings is 1. The van der Waals surface area contributed by atoms with E-state index in [0.717, 1.165) is 16.6 Å². The van der Waals surface area contributed by atoms with Crippen LogP contribution in [0.15, 0.2) is 39.4 Å². The average Bonchev–Trinajstić information content (AvgIpc) is 3.01. The van der Waals surface area contributed by atoms with Crippen LogP contribution in [0.25, 0.3) is 22.7 Å². The molecule has 1 N–H and O–H groups in total. The molecular formula is C15H10BrN3O. The summed E-state index contributed by atoms with van der Waals surface area (Å²) in [4.78, 5) is 7.59. The number of rotatable bonds is 2. The number of aromatic nitrogens is 2. The number of nitrogens with one attached hydrogen (secondary N) is 1. The van der Waals surface area contributed by atoms with Crippen LogP contribution >= 0.6 is 15.9 Å². The van der Waals surface area contributed by atoms with Crippen LogP contribution in [0.5, 0.6) is 0 Å². The third kappa shape index (κ3) is 2.38. The van der Waals surface area contributed by atoms with Crippen molar-refractivity contribution >= 4 is 38.6 Å². The van der Waals surface area contributed by atoms with Gasteiger partial charge in [-0.2, -0.15) is 5.26 Å². The maximum atomic E-state index is 9.30. The predicted molar refractivity (Wildman–Crippen MR) is 80.7 cm³/mol. The second-order valence-corrected chi connectivity index (χ2v) is 5.20. The molecule has 0 unspecified atom stereocenters. The first-order valence-corrected chi connectivity index (χ1v) is 6.79. The SMILES string of the molecule is Cc1ccc2nc(/C(C#N)=C\c3ccc(Br)o3)[nH]c2c1. The molecule has 0 spiro atoms. The van der Waals surface area contributed by atoms with Crippen molar-refractivity contribution in [1.82, 2.24) is 9.97 Å². The number of H-pyrrole nitrogens is 1. The molecule has 0 aliphatic rings. The normalized spacial score (nSPS) is 11.8. The molecule has 0 saturated heterocycles. The van der Waals surface area contributed by atoms with E-state index in [9.17, 15) is 5.26 Å². The van der Waals surface area contributed by atoms with Crippen LogP contribution in [0.2, 0.25) is 0 Å². The van der Waals surface area contributed by atoms with Crippen molar-refractivity contribution in [3.05, 3.63) is 52.1 Å². The van der Waals surface area contributed by atoms with Gasteiger partial charge in [-0.3, -0.25) is 0 Å². The fraction of sp³-hybridized carbons (Fsp3) is 0.0667. The van der Waals surface area contributed by atoms with Gasteiger partial charge in [0.15, 0.2) is 4.67 Å². The van der Waals surface area contributed by atoms with Crippen LogP contribution in [0.1, 0.15) is 17.1 Å². The average molecular weight is 328 g/mol. The second kappa shape index (κ2) is 4.99. The first-order chi connectivity index (χ1) is 9.65. The Balaban J connectivity index is 2.07. The highest BCUT2D eigenvalue weighted by Crippen LogP contribution is 2.22. The highest BCUT2D eigenvalue weighted by Gasteiger charge is 2.09. The Morgan fingerprint density at radius 1 is 1.40 bits per heavy atom. The predicted octanol–water partition coefficient (Wildman–Crippen LogP) is 4.29. The molecule has 2 heterocycles. The number of halogens is 1. The minimum Gasteiger partial charge on any atom is -0.450 e. The Hall–Kier alpha value is -2.32. The van der Waals surface area contributed by atoms with E-state index in [-0.39, 0.29) is 0 Å². The lowest BCUT2D eigenvalue weighted by molar-refractivity contribution is 0.532. The molecule has 0 aliphatic carbocycles. The molecule has 2 aromatic heterocycles. The van der Waals surface area contributed by atoms with Crippen molar-refractivity contribution in [2.45, 2.75) is 6.92 Å². The van der Waals surface area contributed by atoms with E-state index in [2.05, 4.69) is 32.0 Å². The summed E-state index contributed by atoms with van der Waals surface area (Å²) in [5.41, 5.74) is 3.33. The summed E-state index contributed by atoms with van der Waals surface area (Å²) in [7, 11) is 0. The number of benzene rings is 1. The third-order valence-electron chi connectivity index (χ3n) is 2.89. The molecule has 0 saturated carbocycles. The number of aromatic amines is 1. The van der Waals surface area contributed by atoms with E-state index in [1.54, 1.807) is 18.2 Å². The number of nitriles is 1. The van der Waals surface area contributed by atoms with E-state index in [0.29, 0.717) is 21.8 Å². The van der Waals surface area contributed by atoms with Crippen LogP contribution in [0.3, 0.4) is 0 Å². The Labute approximate surface area is 123 Å². The van der Waals surface area contributed by atoms with Crippen molar-refractivity contribution in [3.8, 4) is 6.07 Å². The lowest BCUT2D eigenvalue weighted by Crippen LogP contribution is -1.83. The number of allylic oxidation sites excluding steroid dienone is 1. The zero-order chi connectivity index (χ0) is 14.1. The highest BCUT2D eigenvalue weighted by molar-refractivity contribution is 9.10. The summed E-state index contributed by atoms with van der Waals surface area (Å²) >= 11 is 3.23. The number of nitrogens with zero attached hydrogens (tertiary/aromatic N) is 2. The molecule has 0 atom stereocenters. The Kier molecular flexibility index (Phi) is 3.17. The minimum absolute atomic E-state index is 0.431. The molecule has 3 aromatic rings. The van der Waals surface area contributed by atoms with E-state index in [4.69, 9.17) is 4.42 Å². The summed E-state index contributed by atoms with van der Waals surface area (Å²) in [5, 5.41) is 9.30. The molecule has 0 bridgehead atoms. The minimum atomic E-state index is 0.431. The lowest BCUT2D eigenvalue weighted by atomic mass is 10.2. The van der Waals surface area contributed by atoms with Crippen molar-refractivity contribution in [2.75, 3.05) is 0 Å². The summed E-state index contributed by atoms with van der Waals surface area (Å²) in [6.07, 6.45) is 1.66. The van der Waals surface area contributed by atoms with Crippen molar-refractivity contribution in [3.63, 3.8) is 0 Å². The molecule has 0 fully saturated rings. The largest absolute Gasteiger partial charge is 0.450 e. The molecule has 98 valence electrons. The molecule has 0 amide bonds. The molecule has 20 heavy (non-hydrogen) atoms. The van der Waals surface area contributed by atoms with Gasteiger partial charge in [-0.15, -0.1) is 0 Å². The first kappa shape index (κ1) is 12.7. The molecule has 0 radical (unpaired) electrons. The highest BCUT2D eigenvalue weighted by atomic mass is 79.9. The summed E-state index contributed by atoms with van der Waals surface area (Å²) in [6, 6.07) is 11.6. The summed E-state index contributed by atoms with van der Waals surface area (Å²) in [6.45, 7) is 2.02. The van der Waals surface area contributed by atoms with Crippen molar-refractivity contribution < 1.29 is 4.42 Å². The van der Waals surface area contributed by atoms with E-state index < -0.39 is 0 Å². The molecule has 5 heteroatoms. The van der Waals surface area contributed by atoms with Crippen LogP contribution in [-0.2, 0) is 0 Å². The van der Waals surface area contributed by atoms with Crippen LogP contribution in [-0.4, -0.2) is 9.97 Å². The number of imidazole rings is 1. The molecular weight excluding hydrogens is 318 g/mol. The molecule has 4 nitrogen and oxygen atoms in total. The van der Waals surface area contributed by atoms with E-state index in [1.165, 1.54) is 0 Å². The number of hydrogen-bond donors (Lipinski definition) is 1. The zero-order valence-electron chi connectivity index (χ0n) is 10.6. The first-order valence-electron chi connectivity index (χ1n) is 5.99. The fourth-order valence-corrected chi connectivity index (χ4v) is 2.27. The monoisotopic (exact) mass is 327 g/mol. The lowest BCUT2D eigenvalue weighted by Gasteiger charge is -1.91. The Bertz CT molecular complexity index is 852. The van der Waals surface area contributed by atoms with Gasteiger partial charge in [0.1, 0.15) is 17.7 Å². The van der Waals surface area contributed by atoms with E-state index in [1.807, 2.05) is 25.1 Å². The maximum absolute atomic E-state index is 9.30. The number of hydrogen-bond acceptors (Lipinski definition) is 3. The molecule has 3 rings (SSSR count). The second-order valence-electron chi connectivity index (χ2n) is 4.42. The van der Waals surface area contributed by atoms with E-state index >= 15 is 0 Å². The number of aryl methyl sites for hydroxylation is 1. The maximum Gasteiger partial charge on any atom is 0.169 e. The van der Waals surface area contributed by atoms with Gasteiger partial charge in [0, 0.05) is 6.08 Å². The van der Waals surface area contributed by atoms with Crippen molar-refractivity contribution in [2.24, 2.45) is 0 Å². The smallest absolute Gasteiger partial charge is 0.169 e. The molecule has 0 aliphatic heterocycles. The summed E-state index contributed by atoms with van der Waals surface area (Å²) < 4.78 is 6.00. The van der Waals surface area contributed by atoms with Gasteiger partial charge in [0.2, 0.25) is 0 Å². The summed E-state index contributed by atoms with van der Waals surface area (Å²) in [5.74, 6) is 1.14. The zero-order valence-corrected chi connectivity index (χ0v) is 12.2. The standard InChI is InChI=1S/C15H10BrN3O/c1-9-2-4-12-13(6-9)19-15(18-12)10(8-17)7-11-3-5-14(16)20-11/h2-7H,1H3,(H,18,19)/b10-7-. The Morgan fingerprint density at radius 2 is 2.25 bits per heavy atom. The van der Waals surface area contributed by atoms with Gasteiger partial charge in [-0.05, 0) is 52.7 Å². The van der Waals surface area contributed by atoms with Crippen LogP contribution in [0.4, 0.5) is 0 Å². The Morgan fingerprint density at radius 3 is 2.95 bits per heavy atom. The number of fused-ring (bicyclic) bond motifs is 1. The topological polar surface area (TPSA) is 65.6 Å². The van der Waals surface area contributed by atoms with Crippen LogP contribution in [0, 0.1) is 18.3 Å². The van der Waals surface area contributed by atoms with Crippen LogP contribution < -0.4 is 0 Å². The van der Waals surface area contributed by atoms with Gasteiger partial charge < -0.3 is 9.40 Å². The third-order valence-corrected chi connectivity index (χ3v) is 3.32. The van der Waals surface area contributed by atoms with Gasteiger partial charge >= 0.3 is 0 Å². The van der Waals surface area contributed by atoms with Gasteiger partial charge in [-0.1, -0.05) is 6.07 Å². The molecule has 1 aromatic carbocycles. The van der Waals surface area contributed by atoms with Gasteiger partial charge in [-0.25, -0.2) is 4.98 Å². The quantitative estimate of drug-likeness (QED) is 0.714. The van der Waals surface area contributed by atoms with Gasteiger partial charge in [0.25, 0.3) is 0 Å². The fourth-order valence-electron chi connectivity index (χ4n) is 1.95.